The van der Waals surface area contributed by atoms with Gasteiger partial charge in [-0.05, 0) is 39.8 Å². The van der Waals surface area contributed by atoms with Crippen LogP contribution in [0, 0.1) is 0 Å². The molecule has 5 heteroatoms. The van der Waals surface area contributed by atoms with Crippen molar-refractivity contribution in [2.45, 2.75) is 46.2 Å². The zero-order valence-corrected chi connectivity index (χ0v) is 13.7. The highest BCUT2D eigenvalue weighted by atomic mass is 35.5. The number of rotatable bonds is 6. The fraction of sp³-hybridized carbons (Fsp3) is 0.643. The maximum atomic E-state index is 12.1. The molecule has 0 atom stereocenters. The lowest BCUT2D eigenvalue weighted by Gasteiger charge is -2.23. The Morgan fingerprint density at radius 2 is 2.11 bits per heavy atom. The van der Waals surface area contributed by atoms with Gasteiger partial charge in [0, 0.05) is 29.9 Å². The fourth-order valence-electron chi connectivity index (χ4n) is 1.70. The Balaban J connectivity index is 2.43. The predicted molar refractivity (Wildman–Crippen MR) is 82.8 cm³/mol. The number of hydrogen-bond donors (Lipinski definition) is 1. The van der Waals surface area contributed by atoms with Gasteiger partial charge in [-0.15, -0.1) is 11.3 Å². The van der Waals surface area contributed by atoms with Gasteiger partial charge in [0.05, 0.1) is 10.9 Å². The zero-order chi connectivity index (χ0) is 14.5. The molecule has 0 fully saturated rings. The van der Waals surface area contributed by atoms with E-state index in [1.165, 1.54) is 11.3 Å². The molecule has 1 N–H and O–H groups in total. The predicted octanol–water partition coefficient (Wildman–Crippen LogP) is 3.53. The molecule has 1 amide bonds. The standard InChI is InChI=1S/C14H23ClN2OS/c1-5-17(10-11-6-7-12(15)19-11)13(18)8-9-16-14(2,3)4/h6-7,16H,5,8-10H2,1-4H3. The Kier molecular flexibility index (Phi) is 6.30. The molecule has 0 aliphatic rings. The minimum absolute atomic E-state index is 0.0542. The van der Waals surface area contributed by atoms with Gasteiger partial charge < -0.3 is 10.2 Å². The summed E-state index contributed by atoms with van der Waals surface area (Å²) < 4.78 is 0.771. The van der Waals surface area contributed by atoms with Crippen LogP contribution in [-0.2, 0) is 11.3 Å². The highest BCUT2D eigenvalue weighted by Crippen LogP contribution is 2.22. The molecule has 0 aliphatic carbocycles. The van der Waals surface area contributed by atoms with E-state index in [-0.39, 0.29) is 11.4 Å². The van der Waals surface area contributed by atoms with Gasteiger partial charge in [0.25, 0.3) is 0 Å². The summed E-state index contributed by atoms with van der Waals surface area (Å²) in [5.41, 5.74) is 0.0542. The molecule has 0 saturated heterocycles. The summed E-state index contributed by atoms with van der Waals surface area (Å²) in [7, 11) is 0. The molecule has 0 aromatic carbocycles. The van der Waals surface area contributed by atoms with E-state index < -0.39 is 0 Å². The molecule has 108 valence electrons. The second-order valence-corrected chi connectivity index (χ2v) is 7.34. The van der Waals surface area contributed by atoms with E-state index in [4.69, 9.17) is 11.6 Å². The van der Waals surface area contributed by atoms with E-state index in [9.17, 15) is 4.79 Å². The third-order valence-corrected chi connectivity index (χ3v) is 3.92. The summed E-state index contributed by atoms with van der Waals surface area (Å²) in [6, 6.07) is 3.86. The highest BCUT2D eigenvalue weighted by Gasteiger charge is 2.15. The third-order valence-electron chi connectivity index (χ3n) is 2.70. The molecule has 1 aromatic rings. The maximum absolute atomic E-state index is 12.1. The molecular formula is C14H23ClN2OS. The normalized spacial score (nSPS) is 11.6. The van der Waals surface area contributed by atoms with Crippen LogP contribution in [0.1, 0.15) is 39.0 Å². The van der Waals surface area contributed by atoms with Crippen LogP contribution in [-0.4, -0.2) is 29.4 Å². The molecule has 1 heterocycles. The molecular weight excluding hydrogens is 280 g/mol. The van der Waals surface area contributed by atoms with E-state index in [1.807, 2.05) is 24.0 Å². The fourth-order valence-corrected chi connectivity index (χ4v) is 2.81. The van der Waals surface area contributed by atoms with E-state index in [2.05, 4.69) is 26.1 Å². The van der Waals surface area contributed by atoms with Gasteiger partial charge in [-0.2, -0.15) is 0 Å². The van der Waals surface area contributed by atoms with Crippen molar-refractivity contribution in [3.63, 3.8) is 0 Å². The molecule has 1 rings (SSSR count). The molecule has 0 spiro atoms. The first-order chi connectivity index (χ1) is 8.81. The Hall–Kier alpha value is -0.580. The van der Waals surface area contributed by atoms with Crippen molar-refractivity contribution in [3.8, 4) is 0 Å². The van der Waals surface area contributed by atoms with E-state index >= 15 is 0 Å². The van der Waals surface area contributed by atoms with Gasteiger partial charge in [0.1, 0.15) is 0 Å². The smallest absolute Gasteiger partial charge is 0.224 e. The largest absolute Gasteiger partial charge is 0.338 e. The second-order valence-electron chi connectivity index (χ2n) is 5.54. The number of hydrogen-bond acceptors (Lipinski definition) is 3. The summed E-state index contributed by atoms with van der Waals surface area (Å²) in [5.74, 6) is 0.184. The lowest BCUT2D eigenvalue weighted by atomic mass is 10.1. The monoisotopic (exact) mass is 302 g/mol. The minimum atomic E-state index is 0.0542. The number of nitrogens with one attached hydrogen (secondary N) is 1. The topological polar surface area (TPSA) is 32.3 Å². The highest BCUT2D eigenvalue weighted by molar-refractivity contribution is 7.16. The van der Waals surface area contributed by atoms with Gasteiger partial charge in [-0.3, -0.25) is 4.79 Å². The summed E-state index contributed by atoms with van der Waals surface area (Å²) in [4.78, 5) is 15.1. The van der Waals surface area contributed by atoms with E-state index in [0.29, 0.717) is 19.5 Å². The number of halogens is 1. The SMILES string of the molecule is CCN(Cc1ccc(Cl)s1)C(=O)CCNC(C)(C)C. The van der Waals surface area contributed by atoms with Crippen molar-refractivity contribution in [1.82, 2.24) is 10.2 Å². The average molecular weight is 303 g/mol. The maximum Gasteiger partial charge on any atom is 0.224 e. The van der Waals surface area contributed by atoms with Gasteiger partial charge >= 0.3 is 0 Å². The van der Waals surface area contributed by atoms with Crippen LogP contribution >= 0.6 is 22.9 Å². The Morgan fingerprint density at radius 1 is 1.42 bits per heavy atom. The van der Waals surface area contributed by atoms with Crippen LogP contribution in [0.3, 0.4) is 0 Å². The van der Waals surface area contributed by atoms with Crippen LogP contribution in [0.2, 0.25) is 4.34 Å². The molecule has 3 nitrogen and oxygen atoms in total. The first-order valence-electron chi connectivity index (χ1n) is 6.59. The Labute approximate surface area is 124 Å². The van der Waals surface area contributed by atoms with E-state index in [1.54, 1.807) is 0 Å². The summed E-state index contributed by atoms with van der Waals surface area (Å²) in [6.45, 7) is 10.4. The Morgan fingerprint density at radius 3 is 2.58 bits per heavy atom. The second kappa shape index (κ2) is 7.27. The van der Waals surface area contributed by atoms with Gasteiger partial charge in [-0.25, -0.2) is 0 Å². The van der Waals surface area contributed by atoms with Crippen molar-refractivity contribution >= 4 is 28.8 Å². The molecule has 0 aliphatic heterocycles. The molecule has 0 unspecified atom stereocenters. The number of carbonyl (C=O) groups is 1. The number of nitrogens with zero attached hydrogens (tertiary/aromatic N) is 1. The molecule has 0 radical (unpaired) electrons. The van der Waals surface area contributed by atoms with E-state index in [0.717, 1.165) is 15.8 Å². The van der Waals surface area contributed by atoms with Crippen molar-refractivity contribution in [3.05, 3.63) is 21.3 Å². The van der Waals surface area contributed by atoms with Crippen LogP contribution in [0.15, 0.2) is 12.1 Å². The zero-order valence-electron chi connectivity index (χ0n) is 12.1. The average Bonchev–Trinajstić information content (AvgIpc) is 2.69. The van der Waals surface area contributed by atoms with Crippen LogP contribution < -0.4 is 5.32 Å². The Bertz CT molecular complexity index is 412. The molecule has 0 saturated carbocycles. The number of carbonyl (C=O) groups excluding carboxylic acids is 1. The van der Waals surface area contributed by atoms with Gasteiger partial charge in [0.2, 0.25) is 5.91 Å². The summed E-state index contributed by atoms with van der Waals surface area (Å²) in [5, 5.41) is 3.33. The van der Waals surface area contributed by atoms with Crippen molar-refractivity contribution in [2.75, 3.05) is 13.1 Å². The van der Waals surface area contributed by atoms with Crippen LogP contribution in [0.25, 0.3) is 0 Å². The molecule has 1 aromatic heterocycles. The molecule has 0 bridgehead atoms. The molecule has 19 heavy (non-hydrogen) atoms. The number of amides is 1. The van der Waals surface area contributed by atoms with Crippen LogP contribution in [0.5, 0.6) is 0 Å². The minimum Gasteiger partial charge on any atom is -0.338 e. The quantitative estimate of drug-likeness (QED) is 0.872. The first-order valence-corrected chi connectivity index (χ1v) is 7.78. The first kappa shape index (κ1) is 16.5. The van der Waals surface area contributed by atoms with Crippen molar-refractivity contribution in [1.29, 1.82) is 0 Å². The van der Waals surface area contributed by atoms with Gasteiger partial charge in [0.15, 0.2) is 0 Å². The lowest BCUT2D eigenvalue weighted by Crippen LogP contribution is -2.39. The van der Waals surface area contributed by atoms with Crippen LogP contribution in [0.4, 0.5) is 0 Å². The summed E-state index contributed by atoms with van der Waals surface area (Å²) >= 11 is 7.44. The summed E-state index contributed by atoms with van der Waals surface area (Å²) in [6.07, 6.45) is 0.532. The third kappa shape index (κ3) is 6.41. The van der Waals surface area contributed by atoms with Gasteiger partial charge in [-0.1, -0.05) is 11.6 Å². The number of thiophene rings is 1. The lowest BCUT2D eigenvalue weighted by molar-refractivity contribution is -0.131. The van der Waals surface area contributed by atoms with Crippen molar-refractivity contribution < 1.29 is 4.79 Å². The van der Waals surface area contributed by atoms with Crippen molar-refractivity contribution in [2.24, 2.45) is 0 Å².